The van der Waals surface area contributed by atoms with Gasteiger partial charge in [0.15, 0.2) is 0 Å². The number of alkyl halides is 1. The zero-order valence-electron chi connectivity index (χ0n) is 9.90. The highest BCUT2D eigenvalue weighted by Gasteiger charge is 2.08. The van der Waals surface area contributed by atoms with Gasteiger partial charge < -0.3 is 0 Å². The Balaban J connectivity index is 2.46. The maximum absolute atomic E-state index is 3.51. The van der Waals surface area contributed by atoms with Crippen molar-refractivity contribution in [2.45, 2.75) is 25.2 Å². The van der Waals surface area contributed by atoms with Gasteiger partial charge in [-0.3, -0.25) is 0 Å². The lowest BCUT2D eigenvalue weighted by Crippen LogP contribution is -2.05. The lowest BCUT2D eigenvalue weighted by atomic mass is 9.94. The topological polar surface area (TPSA) is 0 Å². The van der Waals surface area contributed by atoms with Crippen LogP contribution in [0.4, 0.5) is 0 Å². The van der Waals surface area contributed by atoms with Crippen molar-refractivity contribution < 1.29 is 0 Å². The molecule has 0 saturated heterocycles. The molecule has 0 bridgehead atoms. The summed E-state index contributed by atoms with van der Waals surface area (Å²) in [4.78, 5) is 1.31. The van der Waals surface area contributed by atoms with Gasteiger partial charge in [-0.15, -0.1) is 0 Å². The summed E-state index contributed by atoms with van der Waals surface area (Å²) in [6.07, 6.45) is 3.55. The molecule has 0 spiro atoms. The number of hydrogen-bond donors (Lipinski definition) is 0. The second-order valence-corrected chi connectivity index (χ2v) is 5.92. The summed E-state index contributed by atoms with van der Waals surface area (Å²) in [5.74, 6) is 1.39. The molecule has 0 aliphatic heterocycles. The number of benzene rings is 1. The van der Waals surface area contributed by atoms with Gasteiger partial charge in [0.25, 0.3) is 0 Å². The lowest BCUT2D eigenvalue weighted by molar-refractivity contribution is 0.457. The number of hydrogen-bond acceptors (Lipinski definition) is 1. The molecular weight excluding hydrogens is 280 g/mol. The number of allylic oxidation sites excluding steroid dienone is 1. The average molecular weight is 299 g/mol. The third-order valence-corrected chi connectivity index (χ3v) is 3.87. The van der Waals surface area contributed by atoms with Gasteiger partial charge in [-0.1, -0.05) is 65.8 Å². The molecule has 0 radical (unpaired) electrons. The number of halogens is 1. The van der Waals surface area contributed by atoms with Crippen molar-refractivity contribution in [1.82, 2.24) is 0 Å². The van der Waals surface area contributed by atoms with E-state index in [1.54, 1.807) is 11.8 Å². The minimum atomic E-state index is 0.676. The van der Waals surface area contributed by atoms with E-state index in [-0.39, 0.29) is 0 Å². The third kappa shape index (κ3) is 5.22. The Labute approximate surface area is 112 Å². The summed E-state index contributed by atoms with van der Waals surface area (Å²) in [6.45, 7) is 4.57. The van der Waals surface area contributed by atoms with Crippen LogP contribution in [0.25, 0.3) is 0 Å². The summed E-state index contributed by atoms with van der Waals surface area (Å²) in [6, 6.07) is 10.5. The van der Waals surface area contributed by atoms with E-state index in [0.29, 0.717) is 11.8 Å². The van der Waals surface area contributed by atoms with Gasteiger partial charge in [-0.2, -0.15) is 0 Å². The summed E-state index contributed by atoms with van der Waals surface area (Å²) >= 11 is 5.31. The molecule has 0 N–H and O–H groups in total. The first-order chi connectivity index (χ1) is 7.74. The smallest absolute Gasteiger partial charge is 0.0116 e. The van der Waals surface area contributed by atoms with E-state index in [9.17, 15) is 0 Å². The molecule has 16 heavy (non-hydrogen) atoms. The van der Waals surface area contributed by atoms with E-state index < -0.39 is 0 Å². The predicted molar refractivity (Wildman–Crippen MR) is 78.2 cm³/mol. The molecule has 0 saturated carbocycles. The summed E-state index contributed by atoms with van der Waals surface area (Å²) in [7, 11) is 0. The Hall–Kier alpha value is -0.210. The van der Waals surface area contributed by atoms with Crippen LogP contribution < -0.4 is 0 Å². The maximum atomic E-state index is 3.51. The first kappa shape index (κ1) is 13.9. The van der Waals surface area contributed by atoms with Crippen LogP contribution in [0.3, 0.4) is 0 Å². The molecule has 0 heterocycles. The van der Waals surface area contributed by atoms with E-state index >= 15 is 0 Å². The van der Waals surface area contributed by atoms with E-state index in [0.717, 1.165) is 5.33 Å². The molecule has 1 rings (SSSR count). The van der Waals surface area contributed by atoms with Crippen molar-refractivity contribution in [3.8, 4) is 0 Å². The van der Waals surface area contributed by atoms with Crippen LogP contribution in [-0.2, 0) is 0 Å². The monoisotopic (exact) mass is 298 g/mol. The number of rotatable bonds is 6. The van der Waals surface area contributed by atoms with E-state index in [4.69, 9.17) is 0 Å². The van der Waals surface area contributed by atoms with E-state index in [1.165, 1.54) is 11.3 Å². The van der Waals surface area contributed by atoms with Crippen molar-refractivity contribution in [3.63, 3.8) is 0 Å². The quantitative estimate of drug-likeness (QED) is 0.504. The Morgan fingerprint density at radius 2 is 1.94 bits per heavy atom. The van der Waals surface area contributed by atoms with Crippen LogP contribution in [0.2, 0.25) is 0 Å². The zero-order valence-corrected chi connectivity index (χ0v) is 12.3. The van der Waals surface area contributed by atoms with Crippen LogP contribution in [0.1, 0.15) is 20.3 Å². The van der Waals surface area contributed by atoms with E-state index in [1.807, 2.05) is 0 Å². The molecule has 2 heteroatoms. The molecule has 88 valence electrons. The Morgan fingerprint density at radius 3 is 2.50 bits per heavy atom. The van der Waals surface area contributed by atoms with Crippen molar-refractivity contribution in [1.29, 1.82) is 0 Å². The molecule has 0 aromatic heterocycles. The second kappa shape index (κ2) is 7.97. The summed E-state index contributed by atoms with van der Waals surface area (Å²) in [5.41, 5.74) is 0. The Bertz CT molecular complexity index is 306. The fourth-order valence-electron chi connectivity index (χ4n) is 1.50. The van der Waals surface area contributed by atoms with Crippen LogP contribution in [0.5, 0.6) is 0 Å². The van der Waals surface area contributed by atoms with Crippen LogP contribution in [-0.4, -0.2) is 5.33 Å². The lowest BCUT2D eigenvalue weighted by Gasteiger charge is -2.14. The van der Waals surface area contributed by atoms with Crippen LogP contribution in [0.15, 0.2) is 46.7 Å². The SMILES string of the molecule is CC(C)[C@@H](C=CSc1ccccc1)CCBr. The van der Waals surface area contributed by atoms with E-state index in [2.05, 4.69) is 71.6 Å². The summed E-state index contributed by atoms with van der Waals surface area (Å²) < 4.78 is 0. The largest absolute Gasteiger partial charge is 0.0984 e. The molecular formula is C14H19BrS. The second-order valence-electron chi connectivity index (χ2n) is 4.14. The average Bonchev–Trinajstić information content (AvgIpc) is 2.29. The van der Waals surface area contributed by atoms with Crippen molar-refractivity contribution in [3.05, 3.63) is 41.8 Å². The fraction of sp³-hybridized carbons (Fsp3) is 0.429. The maximum Gasteiger partial charge on any atom is 0.0116 e. The normalized spacial score (nSPS) is 13.5. The van der Waals surface area contributed by atoms with Gasteiger partial charge in [0.05, 0.1) is 0 Å². The first-order valence-electron chi connectivity index (χ1n) is 5.68. The van der Waals surface area contributed by atoms with Gasteiger partial charge in [0.1, 0.15) is 0 Å². The minimum Gasteiger partial charge on any atom is -0.0984 e. The first-order valence-corrected chi connectivity index (χ1v) is 7.68. The molecule has 0 unspecified atom stereocenters. The predicted octanol–water partition coefficient (Wildman–Crippen LogP) is 5.35. The minimum absolute atomic E-state index is 0.676. The van der Waals surface area contributed by atoms with Crippen LogP contribution in [0, 0.1) is 11.8 Å². The molecule has 1 atom stereocenters. The van der Waals surface area contributed by atoms with Crippen molar-refractivity contribution >= 4 is 27.7 Å². The molecule has 0 aliphatic rings. The summed E-state index contributed by atoms with van der Waals surface area (Å²) in [5, 5.41) is 3.30. The van der Waals surface area contributed by atoms with Gasteiger partial charge in [-0.05, 0) is 35.8 Å². The molecule has 1 aromatic carbocycles. The molecule has 0 amide bonds. The standard InChI is InChI=1S/C14H19BrS/c1-12(2)13(8-10-15)9-11-16-14-6-4-3-5-7-14/h3-7,9,11-13H,8,10H2,1-2H3/t13-/m1/s1. The highest BCUT2D eigenvalue weighted by molar-refractivity contribution is 9.09. The molecule has 0 fully saturated rings. The van der Waals surface area contributed by atoms with Crippen LogP contribution >= 0.6 is 27.7 Å². The Kier molecular flexibility index (Phi) is 6.90. The molecule has 1 aromatic rings. The molecule has 0 nitrogen and oxygen atoms in total. The number of thioether (sulfide) groups is 1. The van der Waals surface area contributed by atoms with Gasteiger partial charge in [0, 0.05) is 10.2 Å². The fourth-order valence-corrected chi connectivity index (χ4v) is 2.78. The van der Waals surface area contributed by atoms with Crippen molar-refractivity contribution in [2.24, 2.45) is 11.8 Å². The highest BCUT2D eigenvalue weighted by atomic mass is 79.9. The Morgan fingerprint density at radius 1 is 1.25 bits per heavy atom. The van der Waals surface area contributed by atoms with Gasteiger partial charge in [-0.25, -0.2) is 0 Å². The zero-order chi connectivity index (χ0) is 11.8. The highest BCUT2D eigenvalue weighted by Crippen LogP contribution is 2.23. The van der Waals surface area contributed by atoms with Gasteiger partial charge >= 0.3 is 0 Å². The van der Waals surface area contributed by atoms with Gasteiger partial charge in [0.2, 0.25) is 0 Å². The third-order valence-electron chi connectivity index (χ3n) is 2.57. The molecule has 0 aliphatic carbocycles. The van der Waals surface area contributed by atoms with Crippen molar-refractivity contribution in [2.75, 3.05) is 5.33 Å².